The predicted molar refractivity (Wildman–Crippen MR) is 66.3 cm³/mol. The van der Waals surface area contributed by atoms with Gasteiger partial charge in [0, 0.05) is 25.5 Å². The summed E-state index contributed by atoms with van der Waals surface area (Å²) in [5.74, 6) is 0.176. The van der Waals surface area contributed by atoms with E-state index in [1.807, 2.05) is 17.0 Å². The van der Waals surface area contributed by atoms with E-state index in [0.717, 1.165) is 25.1 Å². The third-order valence-electron chi connectivity index (χ3n) is 3.48. The van der Waals surface area contributed by atoms with Crippen LogP contribution in [0.2, 0.25) is 0 Å². The summed E-state index contributed by atoms with van der Waals surface area (Å²) in [5, 5.41) is 0. The molecule has 1 saturated heterocycles. The first-order valence-electron chi connectivity index (χ1n) is 6.00. The van der Waals surface area contributed by atoms with Gasteiger partial charge >= 0.3 is 0 Å². The van der Waals surface area contributed by atoms with Crippen molar-refractivity contribution in [3.63, 3.8) is 0 Å². The highest BCUT2D eigenvalue weighted by Gasteiger charge is 2.34. The lowest BCUT2D eigenvalue weighted by Crippen LogP contribution is -2.35. The van der Waals surface area contributed by atoms with Crippen molar-refractivity contribution in [2.75, 3.05) is 19.6 Å². The summed E-state index contributed by atoms with van der Waals surface area (Å²) < 4.78 is 0. The summed E-state index contributed by atoms with van der Waals surface area (Å²) in [6, 6.07) is 3.79. The van der Waals surface area contributed by atoms with Crippen LogP contribution in [0.15, 0.2) is 24.5 Å². The van der Waals surface area contributed by atoms with Gasteiger partial charge in [0.2, 0.25) is 5.91 Å². The molecule has 0 bridgehead atoms. The van der Waals surface area contributed by atoms with Gasteiger partial charge < -0.3 is 10.6 Å². The zero-order chi connectivity index (χ0) is 12.3. The molecule has 17 heavy (non-hydrogen) atoms. The van der Waals surface area contributed by atoms with Crippen LogP contribution in [0.3, 0.4) is 0 Å². The van der Waals surface area contributed by atoms with Crippen LogP contribution in [0.5, 0.6) is 0 Å². The average molecular weight is 233 g/mol. The number of amides is 1. The second-order valence-electron chi connectivity index (χ2n) is 5.12. The summed E-state index contributed by atoms with van der Waals surface area (Å²) >= 11 is 0. The lowest BCUT2D eigenvalue weighted by molar-refractivity contribution is -0.129. The van der Waals surface area contributed by atoms with Crippen molar-refractivity contribution in [2.24, 2.45) is 11.1 Å². The van der Waals surface area contributed by atoms with Crippen molar-refractivity contribution in [3.05, 3.63) is 30.1 Å². The Morgan fingerprint density at radius 1 is 1.65 bits per heavy atom. The Morgan fingerprint density at radius 2 is 2.47 bits per heavy atom. The second-order valence-corrected chi connectivity index (χ2v) is 5.12. The van der Waals surface area contributed by atoms with E-state index in [1.165, 1.54) is 0 Å². The van der Waals surface area contributed by atoms with E-state index in [1.54, 1.807) is 12.4 Å². The molecule has 4 nitrogen and oxygen atoms in total. The second kappa shape index (κ2) is 4.84. The largest absolute Gasteiger partial charge is 0.342 e. The van der Waals surface area contributed by atoms with Crippen LogP contribution in [-0.4, -0.2) is 35.4 Å². The number of carbonyl (C=O) groups is 1. The maximum absolute atomic E-state index is 12.1. The van der Waals surface area contributed by atoms with Gasteiger partial charge in [-0.3, -0.25) is 9.78 Å². The Labute approximate surface area is 102 Å². The van der Waals surface area contributed by atoms with Crippen molar-refractivity contribution in [1.29, 1.82) is 0 Å². The Kier molecular flexibility index (Phi) is 3.43. The Balaban J connectivity index is 1.94. The summed E-state index contributed by atoms with van der Waals surface area (Å²) in [4.78, 5) is 18.0. The molecule has 92 valence electrons. The number of hydrogen-bond acceptors (Lipinski definition) is 3. The van der Waals surface area contributed by atoms with Gasteiger partial charge in [0.1, 0.15) is 0 Å². The van der Waals surface area contributed by atoms with Gasteiger partial charge in [-0.25, -0.2) is 0 Å². The van der Waals surface area contributed by atoms with Gasteiger partial charge in [-0.05, 0) is 30.0 Å². The molecule has 1 aromatic rings. The van der Waals surface area contributed by atoms with Crippen molar-refractivity contribution >= 4 is 5.91 Å². The van der Waals surface area contributed by atoms with Crippen LogP contribution in [0.4, 0.5) is 0 Å². The van der Waals surface area contributed by atoms with Crippen LogP contribution in [-0.2, 0) is 11.2 Å². The molecule has 1 atom stereocenters. The van der Waals surface area contributed by atoms with E-state index >= 15 is 0 Å². The van der Waals surface area contributed by atoms with Crippen molar-refractivity contribution in [2.45, 2.75) is 19.8 Å². The Bertz CT molecular complexity index is 393. The molecule has 0 saturated carbocycles. The first-order chi connectivity index (χ1) is 8.13. The number of likely N-dealkylation sites (tertiary alicyclic amines) is 1. The van der Waals surface area contributed by atoms with Crippen LogP contribution in [0.1, 0.15) is 18.9 Å². The molecule has 4 heteroatoms. The zero-order valence-corrected chi connectivity index (χ0v) is 10.2. The van der Waals surface area contributed by atoms with Gasteiger partial charge in [0.05, 0.1) is 6.42 Å². The summed E-state index contributed by atoms with van der Waals surface area (Å²) in [6.45, 7) is 4.39. The first kappa shape index (κ1) is 12.0. The fourth-order valence-corrected chi connectivity index (χ4v) is 2.19. The molecule has 0 aliphatic carbocycles. The minimum absolute atomic E-state index is 0.102. The highest BCUT2D eigenvalue weighted by atomic mass is 16.2. The standard InChI is InChI=1S/C13H19N3O/c1-13(9-14)4-6-16(10-13)12(17)7-11-3-2-5-15-8-11/h2-3,5,8H,4,6-7,9-10,14H2,1H3. The quantitative estimate of drug-likeness (QED) is 0.841. The maximum Gasteiger partial charge on any atom is 0.227 e. The van der Waals surface area contributed by atoms with Crippen LogP contribution in [0.25, 0.3) is 0 Å². The number of carbonyl (C=O) groups excluding carboxylic acids is 1. The van der Waals surface area contributed by atoms with Gasteiger partial charge in [-0.15, -0.1) is 0 Å². The molecule has 0 spiro atoms. The maximum atomic E-state index is 12.1. The average Bonchev–Trinajstić information content (AvgIpc) is 2.74. The lowest BCUT2D eigenvalue weighted by Gasteiger charge is -2.22. The van der Waals surface area contributed by atoms with E-state index < -0.39 is 0 Å². The molecule has 2 rings (SSSR count). The molecule has 1 amide bonds. The van der Waals surface area contributed by atoms with Crippen molar-refractivity contribution < 1.29 is 4.79 Å². The molecule has 1 aromatic heterocycles. The number of hydrogen-bond donors (Lipinski definition) is 1. The van der Waals surface area contributed by atoms with E-state index in [4.69, 9.17) is 5.73 Å². The number of pyridine rings is 1. The van der Waals surface area contributed by atoms with E-state index in [9.17, 15) is 4.79 Å². The fourth-order valence-electron chi connectivity index (χ4n) is 2.19. The topological polar surface area (TPSA) is 59.2 Å². The molecule has 1 aliphatic heterocycles. The molecular weight excluding hydrogens is 214 g/mol. The third kappa shape index (κ3) is 2.82. The number of nitrogens with zero attached hydrogens (tertiary/aromatic N) is 2. The SMILES string of the molecule is CC1(CN)CCN(C(=O)Cc2cccnc2)C1. The Morgan fingerprint density at radius 3 is 3.06 bits per heavy atom. The third-order valence-corrected chi connectivity index (χ3v) is 3.48. The van der Waals surface area contributed by atoms with Crippen molar-refractivity contribution in [1.82, 2.24) is 9.88 Å². The van der Waals surface area contributed by atoms with Crippen LogP contribution < -0.4 is 5.73 Å². The fraction of sp³-hybridized carbons (Fsp3) is 0.538. The summed E-state index contributed by atoms with van der Waals surface area (Å²) in [7, 11) is 0. The molecule has 1 fully saturated rings. The van der Waals surface area contributed by atoms with Gasteiger partial charge in [-0.1, -0.05) is 13.0 Å². The number of rotatable bonds is 3. The highest BCUT2D eigenvalue weighted by molar-refractivity contribution is 5.79. The predicted octanol–water partition coefficient (Wildman–Crippen LogP) is 0.821. The van der Waals surface area contributed by atoms with Crippen molar-refractivity contribution in [3.8, 4) is 0 Å². The minimum Gasteiger partial charge on any atom is -0.342 e. The van der Waals surface area contributed by atoms with E-state index in [-0.39, 0.29) is 11.3 Å². The molecule has 0 radical (unpaired) electrons. The molecule has 0 aromatic carbocycles. The molecular formula is C13H19N3O. The molecule has 2 N–H and O–H groups in total. The normalized spacial score (nSPS) is 24.0. The summed E-state index contributed by atoms with van der Waals surface area (Å²) in [5.41, 5.74) is 6.81. The highest BCUT2D eigenvalue weighted by Crippen LogP contribution is 2.28. The van der Waals surface area contributed by atoms with Crippen LogP contribution in [0, 0.1) is 5.41 Å². The number of nitrogens with two attached hydrogens (primary N) is 1. The minimum atomic E-state index is 0.102. The monoisotopic (exact) mass is 233 g/mol. The summed E-state index contributed by atoms with van der Waals surface area (Å²) in [6.07, 6.45) is 4.90. The van der Waals surface area contributed by atoms with Gasteiger partial charge in [-0.2, -0.15) is 0 Å². The van der Waals surface area contributed by atoms with Crippen LogP contribution >= 0.6 is 0 Å². The van der Waals surface area contributed by atoms with Gasteiger partial charge in [0.25, 0.3) is 0 Å². The van der Waals surface area contributed by atoms with Gasteiger partial charge in [0.15, 0.2) is 0 Å². The molecule has 1 unspecified atom stereocenters. The first-order valence-corrected chi connectivity index (χ1v) is 6.00. The zero-order valence-electron chi connectivity index (χ0n) is 10.2. The lowest BCUT2D eigenvalue weighted by atomic mass is 9.90. The molecule has 1 aliphatic rings. The molecule has 2 heterocycles. The Hall–Kier alpha value is -1.42. The smallest absolute Gasteiger partial charge is 0.227 e. The number of aromatic nitrogens is 1. The van der Waals surface area contributed by atoms with E-state index in [2.05, 4.69) is 11.9 Å². The van der Waals surface area contributed by atoms with E-state index in [0.29, 0.717) is 13.0 Å².